The highest BCUT2D eigenvalue weighted by molar-refractivity contribution is 5.90. The fraction of sp³-hybridized carbons (Fsp3) is 0.235. The van der Waals surface area contributed by atoms with Gasteiger partial charge in [0, 0.05) is 5.39 Å². The van der Waals surface area contributed by atoms with Crippen LogP contribution in [0.25, 0.3) is 16.7 Å². The Bertz CT molecular complexity index is 961. The summed E-state index contributed by atoms with van der Waals surface area (Å²) in [6, 6.07) is 7.62. The second-order valence-electron chi connectivity index (χ2n) is 5.87. The molecule has 1 aromatic carbocycles. The van der Waals surface area contributed by atoms with Gasteiger partial charge in [-0.15, -0.1) is 0 Å². The number of pyridine rings is 1. The molecule has 0 fully saturated rings. The number of hydrogen-bond acceptors (Lipinski definition) is 3. The molecule has 1 N–H and O–H groups in total. The zero-order valence-electron chi connectivity index (χ0n) is 13.4. The minimum absolute atomic E-state index is 0.00738. The highest BCUT2D eigenvalue weighted by Gasteiger charge is 2.31. The molecule has 0 unspecified atom stereocenters. The average Bonchev–Trinajstić information content (AvgIpc) is 2.93. The van der Waals surface area contributed by atoms with E-state index in [4.69, 9.17) is 5.11 Å². The highest BCUT2D eigenvalue weighted by atomic mass is 19.4. The zero-order chi connectivity index (χ0) is 18.4. The Morgan fingerprint density at radius 3 is 2.52 bits per heavy atom. The molecule has 3 aromatic rings. The Kier molecular flexibility index (Phi) is 3.98. The Hall–Kier alpha value is -2.90. The average molecular weight is 349 g/mol. The maximum atomic E-state index is 13.0. The van der Waals surface area contributed by atoms with Crippen molar-refractivity contribution in [2.45, 2.75) is 25.9 Å². The van der Waals surface area contributed by atoms with Crippen molar-refractivity contribution in [2.75, 3.05) is 0 Å². The Labute approximate surface area is 140 Å². The number of aromatic nitrogens is 3. The van der Waals surface area contributed by atoms with E-state index in [9.17, 15) is 18.0 Å². The Balaban J connectivity index is 2.28. The van der Waals surface area contributed by atoms with Crippen LogP contribution < -0.4 is 0 Å². The van der Waals surface area contributed by atoms with Gasteiger partial charge in [-0.25, -0.2) is 14.5 Å². The molecule has 0 amide bonds. The summed E-state index contributed by atoms with van der Waals surface area (Å²) in [5.74, 6) is -1.23. The fourth-order valence-electron chi connectivity index (χ4n) is 2.56. The predicted octanol–water partition coefficient (Wildman–Crippen LogP) is 4.26. The normalized spacial score (nSPS) is 12.1. The number of carboxylic acid groups (broad SMARTS) is 1. The van der Waals surface area contributed by atoms with Gasteiger partial charge in [-0.1, -0.05) is 19.9 Å². The van der Waals surface area contributed by atoms with E-state index in [1.165, 1.54) is 22.9 Å². The van der Waals surface area contributed by atoms with Gasteiger partial charge in [0.25, 0.3) is 0 Å². The molecule has 5 nitrogen and oxygen atoms in total. The van der Waals surface area contributed by atoms with Crippen molar-refractivity contribution < 1.29 is 23.1 Å². The summed E-state index contributed by atoms with van der Waals surface area (Å²) < 4.78 is 40.2. The topological polar surface area (TPSA) is 68.0 Å². The van der Waals surface area contributed by atoms with Gasteiger partial charge in [0.05, 0.1) is 16.9 Å². The van der Waals surface area contributed by atoms with Crippen molar-refractivity contribution in [3.63, 3.8) is 0 Å². The maximum Gasteiger partial charge on any atom is 0.416 e. The molecule has 0 radical (unpaired) electrons. The SMILES string of the molecule is CC(C)c1nn(-c2cccc(C(F)(F)F)c2)c2nc(C(=O)O)ccc12. The molecule has 0 atom stereocenters. The number of nitrogens with zero attached hydrogens (tertiary/aromatic N) is 3. The van der Waals surface area contributed by atoms with Crippen LogP contribution in [0.2, 0.25) is 0 Å². The van der Waals surface area contributed by atoms with Crippen molar-refractivity contribution in [2.24, 2.45) is 0 Å². The van der Waals surface area contributed by atoms with E-state index in [0.717, 1.165) is 12.1 Å². The number of hydrogen-bond donors (Lipinski definition) is 1. The first-order chi connectivity index (χ1) is 11.7. The summed E-state index contributed by atoms with van der Waals surface area (Å²) in [6.07, 6.45) is -4.49. The molecule has 8 heteroatoms. The second kappa shape index (κ2) is 5.87. The van der Waals surface area contributed by atoms with Gasteiger partial charge in [-0.3, -0.25) is 0 Å². The lowest BCUT2D eigenvalue weighted by Crippen LogP contribution is -2.07. The number of rotatable bonds is 3. The smallest absolute Gasteiger partial charge is 0.416 e. The summed E-state index contributed by atoms with van der Waals surface area (Å²) in [4.78, 5) is 15.2. The summed E-state index contributed by atoms with van der Waals surface area (Å²) in [6.45, 7) is 3.78. The van der Waals surface area contributed by atoms with Crippen LogP contribution in [0.4, 0.5) is 13.2 Å². The summed E-state index contributed by atoms with van der Waals surface area (Å²) in [7, 11) is 0. The minimum Gasteiger partial charge on any atom is -0.477 e. The lowest BCUT2D eigenvalue weighted by Gasteiger charge is -2.09. The van der Waals surface area contributed by atoms with Crippen molar-refractivity contribution >= 4 is 17.0 Å². The lowest BCUT2D eigenvalue weighted by atomic mass is 10.1. The number of fused-ring (bicyclic) bond motifs is 1. The Morgan fingerprint density at radius 2 is 1.92 bits per heavy atom. The van der Waals surface area contributed by atoms with Gasteiger partial charge < -0.3 is 5.11 Å². The van der Waals surface area contributed by atoms with Crippen molar-refractivity contribution in [1.82, 2.24) is 14.8 Å². The van der Waals surface area contributed by atoms with Gasteiger partial charge >= 0.3 is 12.1 Å². The quantitative estimate of drug-likeness (QED) is 0.767. The van der Waals surface area contributed by atoms with Crippen LogP contribution in [0, 0.1) is 0 Å². The van der Waals surface area contributed by atoms with E-state index >= 15 is 0 Å². The highest BCUT2D eigenvalue weighted by Crippen LogP contribution is 2.32. The second-order valence-corrected chi connectivity index (χ2v) is 5.87. The number of carboxylic acids is 1. The van der Waals surface area contributed by atoms with Crippen LogP contribution in [-0.4, -0.2) is 25.8 Å². The summed E-state index contributed by atoms with van der Waals surface area (Å²) in [5.41, 5.74) is 0.00612. The van der Waals surface area contributed by atoms with Gasteiger partial charge in [0.15, 0.2) is 11.3 Å². The van der Waals surface area contributed by atoms with E-state index in [0.29, 0.717) is 11.1 Å². The minimum atomic E-state index is -4.49. The van der Waals surface area contributed by atoms with Crippen LogP contribution in [-0.2, 0) is 6.18 Å². The molecule has 2 aromatic heterocycles. The molecule has 0 aliphatic rings. The first kappa shape index (κ1) is 16.9. The van der Waals surface area contributed by atoms with Crippen LogP contribution in [0.5, 0.6) is 0 Å². The molecule has 0 saturated heterocycles. The van der Waals surface area contributed by atoms with E-state index in [1.807, 2.05) is 13.8 Å². The van der Waals surface area contributed by atoms with E-state index in [-0.39, 0.29) is 22.9 Å². The third-order valence-electron chi connectivity index (χ3n) is 3.74. The van der Waals surface area contributed by atoms with Crippen molar-refractivity contribution in [3.8, 4) is 5.69 Å². The van der Waals surface area contributed by atoms with Gasteiger partial charge in [-0.05, 0) is 36.2 Å². The first-order valence-electron chi connectivity index (χ1n) is 7.49. The number of halogens is 3. The van der Waals surface area contributed by atoms with E-state index in [1.54, 1.807) is 6.07 Å². The number of carbonyl (C=O) groups is 1. The van der Waals surface area contributed by atoms with Gasteiger partial charge in [-0.2, -0.15) is 18.3 Å². The zero-order valence-corrected chi connectivity index (χ0v) is 13.4. The molecule has 3 rings (SSSR count). The molecule has 0 aliphatic carbocycles. The largest absolute Gasteiger partial charge is 0.477 e. The molecule has 0 aliphatic heterocycles. The summed E-state index contributed by atoms with van der Waals surface area (Å²) in [5, 5.41) is 14.1. The van der Waals surface area contributed by atoms with Crippen LogP contribution in [0.15, 0.2) is 36.4 Å². The molecule has 0 spiro atoms. The maximum absolute atomic E-state index is 13.0. The third kappa shape index (κ3) is 3.07. The summed E-state index contributed by atoms with van der Waals surface area (Å²) >= 11 is 0. The molecular formula is C17H14F3N3O2. The number of alkyl halides is 3. The van der Waals surface area contributed by atoms with Crippen LogP contribution >= 0.6 is 0 Å². The van der Waals surface area contributed by atoms with Gasteiger partial charge in [0.1, 0.15) is 0 Å². The van der Waals surface area contributed by atoms with Gasteiger partial charge in [0.2, 0.25) is 0 Å². The molecule has 2 heterocycles. The molecule has 0 saturated carbocycles. The van der Waals surface area contributed by atoms with Crippen molar-refractivity contribution in [3.05, 3.63) is 53.3 Å². The third-order valence-corrected chi connectivity index (χ3v) is 3.74. The monoisotopic (exact) mass is 349 g/mol. The van der Waals surface area contributed by atoms with Crippen LogP contribution in [0.1, 0.15) is 41.5 Å². The fourth-order valence-corrected chi connectivity index (χ4v) is 2.56. The van der Waals surface area contributed by atoms with E-state index < -0.39 is 17.7 Å². The lowest BCUT2D eigenvalue weighted by molar-refractivity contribution is -0.137. The number of benzene rings is 1. The predicted molar refractivity (Wildman–Crippen MR) is 84.9 cm³/mol. The first-order valence-corrected chi connectivity index (χ1v) is 7.49. The van der Waals surface area contributed by atoms with E-state index in [2.05, 4.69) is 10.1 Å². The molecule has 0 bridgehead atoms. The standard InChI is InChI=1S/C17H14F3N3O2/c1-9(2)14-12-6-7-13(16(24)25)21-15(12)23(22-14)11-5-3-4-10(8-11)17(18,19)20/h3-9H,1-2H3,(H,24,25). The number of aromatic carboxylic acids is 1. The molecular weight excluding hydrogens is 335 g/mol. The molecule has 130 valence electrons. The van der Waals surface area contributed by atoms with Crippen LogP contribution in [0.3, 0.4) is 0 Å². The Morgan fingerprint density at radius 1 is 1.20 bits per heavy atom. The molecule has 25 heavy (non-hydrogen) atoms. The van der Waals surface area contributed by atoms with Crippen molar-refractivity contribution in [1.29, 1.82) is 0 Å².